The molecule has 0 radical (unpaired) electrons. The number of hydrogen-bond donors (Lipinski definition) is 18. The number of rotatable bonds is 31. The fourth-order valence-electron chi connectivity index (χ4n) is 5.88. The molecular formula is C39H63N13O16. The van der Waals surface area contributed by atoms with Crippen LogP contribution in [0, 0.1) is 0 Å². The number of amides is 9. The second kappa shape index (κ2) is 29.4. The summed E-state index contributed by atoms with van der Waals surface area (Å²) >= 11 is 0. The minimum absolute atomic E-state index is 0.0337. The van der Waals surface area contributed by atoms with Gasteiger partial charge in [-0.2, -0.15) is 0 Å². The van der Waals surface area contributed by atoms with Gasteiger partial charge in [0.25, 0.3) is 0 Å². The molecule has 380 valence electrons. The Kier molecular flexibility index (Phi) is 25.5. The van der Waals surface area contributed by atoms with Crippen molar-refractivity contribution in [3.63, 3.8) is 0 Å². The standard InChI is InChI=1S/C39H63N13O16/c1-17(55)29(37(66)47-22(4-3-13-45-39(43)44)33(62)52-30(18(2)56)38(67)68)51-36(65)26(16-54)50-34(63)24(14-19-5-7-20(57)8-6-19)48-35(64)25(15-53)49-32(61)23(10-12-28(42)59)46-31(60)21(40)9-11-27(41)58/h5-8,17-18,21-26,29-30,53-57H,3-4,9-16,40H2,1-2H3,(H2,41,58)(H2,42,59)(H,46,60)(H,47,66)(H,48,64)(H,49,61)(H,50,63)(H,51,65)(H,52,62)(H,67,68)(H4,43,44,45)/t17-,18-,21+,22+,23+,24+,25+,26+,29+,30+/m1/s1. The summed E-state index contributed by atoms with van der Waals surface area (Å²) in [4.78, 5) is 132. The van der Waals surface area contributed by atoms with E-state index < -0.39 is 152 Å². The lowest BCUT2D eigenvalue weighted by Crippen LogP contribution is -2.62. The molecule has 0 saturated carbocycles. The van der Waals surface area contributed by atoms with E-state index in [4.69, 9.17) is 28.7 Å². The number of guanidine groups is 1. The van der Waals surface area contributed by atoms with Crippen LogP contribution in [0.4, 0.5) is 0 Å². The number of nitrogens with zero attached hydrogens (tertiary/aromatic N) is 1. The van der Waals surface area contributed by atoms with Crippen molar-refractivity contribution in [2.75, 3.05) is 19.8 Å². The molecule has 10 atom stereocenters. The number of primary amides is 2. The number of aliphatic hydroxyl groups excluding tert-OH is 4. The lowest BCUT2D eigenvalue weighted by molar-refractivity contribution is -0.145. The lowest BCUT2D eigenvalue weighted by Gasteiger charge is -2.28. The van der Waals surface area contributed by atoms with Gasteiger partial charge < -0.3 is 96.5 Å². The first-order valence-corrected chi connectivity index (χ1v) is 20.9. The van der Waals surface area contributed by atoms with E-state index in [1.807, 2.05) is 0 Å². The number of hydrogen-bond acceptors (Lipinski definition) is 17. The van der Waals surface area contributed by atoms with Crippen molar-refractivity contribution in [1.29, 1.82) is 0 Å². The second-order valence-corrected chi connectivity index (χ2v) is 15.4. The number of carboxylic acids is 1. The van der Waals surface area contributed by atoms with Crippen LogP contribution in [0.25, 0.3) is 0 Å². The summed E-state index contributed by atoms with van der Waals surface area (Å²) in [5, 5.41) is 75.4. The summed E-state index contributed by atoms with van der Waals surface area (Å²) in [6.07, 6.45) is -5.23. The minimum atomic E-state index is -1.92. The van der Waals surface area contributed by atoms with E-state index in [0.29, 0.717) is 5.56 Å². The third kappa shape index (κ3) is 21.4. The van der Waals surface area contributed by atoms with E-state index in [1.165, 1.54) is 24.3 Å². The van der Waals surface area contributed by atoms with Crippen molar-refractivity contribution < 1.29 is 78.6 Å². The third-order valence-electron chi connectivity index (χ3n) is 9.68. The number of phenolic OH excluding ortho intramolecular Hbond substituents is 1. The molecule has 23 N–H and O–H groups in total. The molecule has 0 aliphatic rings. The van der Waals surface area contributed by atoms with Gasteiger partial charge in [-0.1, -0.05) is 12.1 Å². The fraction of sp³-hybridized carbons (Fsp3) is 0.564. The molecule has 1 rings (SSSR count). The maximum absolute atomic E-state index is 13.8. The molecule has 1 aromatic carbocycles. The lowest BCUT2D eigenvalue weighted by atomic mass is 10.0. The van der Waals surface area contributed by atoms with Crippen molar-refractivity contribution in [2.45, 2.75) is 119 Å². The number of nitrogens with one attached hydrogen (secondary N) is 7. The van der Waals surface area contributed by atoms with Crippen LogP contribution in [0.1, 0.15) is 57.9 Å². The molecule has 0 heterocycles. The number of nitrogens with two attached hydrogens (primary N) is 5. The minimum Gasteiger partial charge on any atom is -0.508 e. The van der Waals surface area contributed by atoms with Crippen molar-refractivity contribution in [1.82, 2.24) is 37.2 Å². The molecule has 0 spiro atoms. The van der Waals surface area contributed by atoms with Gasteiger partial charge in [0.1, 0.15) is 42.0 Å². The molecule has 0 aliphatic heterocycles. The van der Waals surface area contributed by atoms with Crippen LogP contribution in [0.15, 0.2) is 29.3 Å². The van der Waals surface area contributed by atoms with Crippen LogP contribution in [-0.4, -0.2) is 176 Å². The monoisotopic (exact) mass is 969 g/mol. The molecule has 0 saturated heterocycles. The van der Waals surface area contributed by atoms with Gasteiger partial charge in [-0.25, -0.2) is 4.79 Å². The summed E-state index contributed by atoms with van der Waals surface area (Å²) in [6, 6.07) is -8.44. The van der Waals surface area contributed by atoms with E-state index in [1.54, 1.807) is 0 Å². The average Bonchev–Trinajstić information content (AvgIpc) is 3.26. The van der Waals surface area contributed by atoms with E-state index in [-0.39, 0.29) is 43.9 Å². The van der Waals surface area contributed by atoms with Gasteiger partial charge >= 0.3 is 5.97 Å². The van der Waals surface area contributed by atoms with Crippen LogP contribution < -0.4 is 65.9 Å². The fourth-order valence-corrected chi connectivity index (χ4v) is 5.88. The first kappa shape index (κ1) is 58.8. The number of carbonyl (C=O) groups excluding carboxylic acids is 9. The van der Waals surface area contributed by atoms with Crippen LogP contribution in [0.5, 0.6) is 5.75 Å². The van der Waals surface area contributed by atoms with E-state index in [9.17, 15) is 78.6 Å². The van der Waals surface area contributed by atoms with Crippen LogP contribution >= 0.6 is 0 Å². The zero-order valence-electron chi connectivity index (χ0n) is 37.3. The summed E-state index contributed by atoms with van der Waals surface area (Å²) in [7, 11) is 0. The number of aromatic hydroxyl groups is 1. The molecule has 0 fully saturated rings. The first-order chi connectivity index (χ1) is 31.8. The van der Waals surface area contributed by atoms with Gasteiger partial charge in [0.15, 0.2) is 12.0 Å². The van der Waals surface area contributed by atoms with Crippen LogP contribution in [0.2, 0.25) is 0 Å². The molecule has 0 aliphatic carbocycles. The maximum Gasteiger partial charge on any atom is 0.328 e. The molecule has 0 unspecified atom stereocenters. The van der Waals surface area contributed by atoms with E-state index in [2.05, 4.69) is 42.2 Å². The Morgan fingerprint density at radius 2 is 0.971 bits per heavy atom. The smallest absolute Gasteiger partial charge is 0.328 e. The highest BCUT2D eigenvalue weighted by molar-refractivity contribution is 5.98. The van der Waals surface area contributed by atoms with Gasteiger partial charge in [-0.3, -0.25) is 48.1 Å². The summed E-state index contributed by atoms with van der Waals surface area (Å²) in [5.74, 6) is -11.8. The molecule has 0 aromatic heterocycles. The summed E-state index contributed by atoms with van der Waals surface area (Å²) in [5.41, 5.74) is 27.0. The van der Waals surface area contributed by atoms with E-state index >= 15 is 0 Å². The SMILES string of the molecule is C[C@@H](O)[C@H](NC(=O)[C@H](CCCN=C(N)N)NC(=O)[C@@H](NC(=O)[C@H](CO)NC(=O)[C@H](Cc1ccc(O)cc1)NC(=O)[C@H](CO)NC(=O)[C@H](CCC(N)=O)NC(=O)[C@@H](N)CCC(N)=O)[C@@H](C)O)C(=O)O. The van der Waals surface area contributed by atoms with Crippen molar-refractivity contribution in [3.05, 3.63) is 29.8 Å². The van der Waals surface area contributed by atoms with Crippen LogP contribution in [-0.2, 0) is 54.4 Å². The number of aliphatic hydroxyl groups is 4. The number of carbonyl (C=O) groups is 10. The Morgan fingerprint density at radius 1 is 0.559 bits per heavy atom. The van der Waals surface area contributed by atoms with Crippen molar-refractivity contribution >= 4 is 65.1 Å². The van der Waals surface area contributed by atoms with Crippen molar-refractivity contribution in [2.24, 2.45) is 33.7 Å². The zero-order chi connectivity index (χ0) is 51.8. The summed E-state index contributed by atoms with van der Waals surface area (Å²) in [6.45, 7) is -0.159. The largest absolute Gasteiger partial charge is 0.508 e. The van der Waals surface area contributed by atoms with E-state index in [0.717, 1.165) is 13.8 Å². The predicted molar refractivity (Wildman–Crippen MR) is 235 cm³/mol. The number of phenols is 1. The molecule has 9 amide bonds. The number of aliphatic carboxylic acids is 1. The third-order valence-corrected chi connectivity index (χ3v) is 9.68. The molecule has 29 nitrogen and oxygen atoms in total. The van der Waals surface area contributed by atoms with Gasteiger partial charge in [0.2, 0.25) is 53.2 Å². The topological polar surface area (TPSA) is 519 Å². The number of benzene rings is 1. The molecule has 0 bridgehead atoms. The molecular weight excluding hydrogens is 907 g/mol. The Hall–Kier alpha value is -7.21. The van der Waals surface area contributed by atoms with Gasteiger partial charge in [0, 0.05) is 25.8 Å². The average molecular weight is 970 g/mol. The molecule has 1 aromatic rings. The van der Waals surface area contributed by atoms with Gasteiger partial charge in [-0.15, -0.1) is 0 Å². The van der Waals surface area contributed by atoms with Crippen molar-refractivity contribution in [3.8, 4) is 5.75 Å². The maximum atomic E-state index is 13.8. The molecule has 29 heteroatoms. The zero-order valence-corrected chi connectivity index (χ0v) is 37.3. The highest BCUT2D eigenvalue weighted by Gasteiger charge is 2.36. The normalized spacial score (nSPS) is 15.3. The Bertz CT molecular complexity index is 1950. The second-order valence-electron chi connectivity index (χ2n) is 15.4. The quantitative estimate of drug-likeness (QED) is 0.0187. The Balaban J connectivity index is 3.38. The first-order valence-electron chi connectivity index (χ1n) is 20.9. The molecule has 68 heavy (non-hydrogen) atoms. The highest BCUT2D eigenvalue weighted by atomic mass is 16.4. The highest BCUT2D eigenvalue weighted by Crippen LogP contribution is 2.12. The van der Waals surface area contributed by atoms with Gasteiger partial charge in [0.05, 0.1) is 31.5 Å². The summed E-state index contributed by atoms with van der Waals surface area (Å²) < 4.78 is 0. The van der Waals surface area contributed by atoms with Gasteiger partial charge in [-0.05, 0) is 57.2 Å². The van der Waals surface area contributed by atoms with Crippen LogP contribution in [0.3, 0.4) is 0 Å². The Labute approximate surface area is 388 Å². The number of carboxylic acid groups (broad SMARTS) is 1. The number of aliphatic imine (C=N–C) groups is 1. The Morgan fingerprint density at radius 3 is 1.46 bits per heavy atom. The predicted octanol–water partition coefficient (Wildman–Crippen LogP) is -8.93.